The molecule has 0 aliphatic carbocycles. The van der Waals surface area contributed by atoms with Crippen molar-refractivity contribution in [3.8, 4) is 0 Å². The van der Waals surface area contributed by atoms with Crippen molar-refractivity contribution in [3.05, 3.63) is 0 Å². The van der Waals surface area contributed by atoms with E-state index in [0.29, 0.717) is 5.92 Å². The Bertz CT molecular complexity index is 200. The fourth-order valence-corrected chi connectivity index (χ4v) is 1.95. The van der Waals surface area contributed by atoms with Gasteiger partial charge in [-0.1, -0.05) is 0 Å². The highest BCUT2D eigenvalue weighted by Crippen LogP contribution is 2.19. The molecular formula is C11H21NO3. The Morgan fingerprint density at radius 3 is 2.60 bits per heavy atom. The summed E-state index contributed by atoms with van der Waals surface area (Å²) >= 11 is 0. The zero-order valence-corrected chi connectivity index (χ0v) is 9.61. The number of carboxylic acid groups (broad SMARTS) is 1. The van der Waals surface area contributed by atoms with Gasteiger partial charge in [0, 0.05) is 13.2 Å². The van der Waals surface area contributed by atoms with Crippen LogP contribution < -0.4 is 0 Å². The minimum atomic E-state index is -0.724. The van der Waals surface area contributed by atoms with Gasteiger partial charge >= 0.3 is 5.97 Å². The SMILES string of the molecule is CCOCC1CCN([C@H](C)C(=O)O)CC1. The fraction of sp³-hybridized carbons (Fsp3) is 0.909. The minimum absolute atomic E-state index is 0.349. The van der Waals surface area contributed by atoms with Crippen LogP contribution >= 0.6 is 0 Å². The second-order valence-corrected chi connectivity index (χ2v) is 4.15. The third kappa shape index (κ3) is 3.80. The summed E-state index contributed by atoms with van der Waals surface area (Å²) < 4.78 is 5.38. The smallest absolute Gasteiger partial charge is 0.320 e. The molecule has 1 N–H and O–H groups in total. The molecule has 1 aliphatic heterocycles. The molecule has 1 atom stereocenters. The van der Waals surface area contributed by atoms with Crippen LogP contribution in [0.25, 0.3) is 0 Å². The number of hydrogen-bond acceptors (Lipinski definition) is 3. The molecule has 0 aromatic carbocycles. The molecule has 1 rings (SSSR count). The maximum Gasteiger partial charge on any atom is 0.320 e. The van der Waals surface area contributed by atoms with Crippen molar-refractivity contribution in [1.82, 2.24) is 4.90 Å². The Hall–Kier alpha value is -0.610. The zero-order valence-electron chi connectivity index (χ0n) is 9.61. The molecule has 15 heavy (non-hydrogen) atoms. The number of ether oxygens (including phenoxy) is 1. The van der Waals surface area contributed by atoms with Crippen LogP contribution in [0.3, 0.4) is 0 Å². The average molecular weight is 215 g/mol. The summed E-state index contributed by atoms with van der Waals surface area (Å²) in [6.45, 7) is 7.11. The second-order valence-electron chi connectivity index (χ2n) is 4.15. The lowest BCUT2D eigenvalue weighted by atomic mass is 9.97. The molecule has 0 saturated carbocycles. The van der Waals surface area contributed by atoms with Gasteiger partial charge in [-0.3, -0.25) is 9.69 Å². The van der Waals surface area contributed by atoms with Crippen molar-refractivity contribution in [3.63, 3.8) is 0 Å². The summed E-state index contributed by atoms with van der Waals surface area (Å²) in [5, 5.41) is 8.88. The molecule has 1 heterocycles. The number of carboxylic acids is 1. The zero-order chi connectivity index (χ0) is 11.3. The van der Waals surface area contributed by atoms with Crippen LogP contribution in [0.4, 0.5) is 0 Å². The molecule has 4 heteroatoms. The molecule has 0 spiro atoms. The van der Waals surface area contributed by atoms with Crippen molar-refractivity contribution in [1.29, 1.82) is 0 Å². The predicted octanol–water partition coefficient (Wildman–Crippen LogP) is 1.21. The second kappa shape index (κ2) is 6.08. The molecule has 0 unspecified atom stereocenters. The molecule has 1 aliphatic rings. The van der Waals surface area contributed by atoms with E-state index in [1.807, 2.05) is 11.8 Å². The van der Waals surface area contributed by atoms with Gasteiger partial charge in [0.1, 0.15) is 6.04 Å². The number of carbonyl (C=O) groups is 1. The number of hydrogen-bond donors (Lipinski definition) is 1. The third-order valence-electron chi connectivity index (χ3n) is 3.11. The van der Waals surface area contributed by atoms with Gasteiger partial charge < -0.3 is 9.84 Å². The Morgan fingerprint density at radius 1 is 1.53 bits per heavy atom. The Balaban J connectivity index is 2.26. The topological polar surface area (TPSA) is 49.8 Å². The van der Waals surface area contributed by atoms with Crippen LogP contribution in [-0.4, -0.2) is 48.3 Å². The molecular weight excluding hydrogens is 194 g/mol. The standard InChI is InChI=1S/C11H21NO3/c1-3-15-8-10-4-6-12(7-5-10)9(2)11(13)14/h9-10H,3-8H2,1-2H3,(H,13,14)/t9-/m1/s1. The molecule has 4 nitrogen and oxygen atoms in total. The van der Waals surface area contributed by atoms with Gasteiger partial charge in [0.2, 0.25) is 0 Å². The van der Waals surface area contributed by atoms with Crippen molar-refractivity contribution in [2.75, 3.05) is 26.3 Å². The normalized spacial score (nSPS) is 21.5. The molecule has 1 saturated heterocycles. The predicted molar refractivity (Wildman–Crippen MR) is 57.9 cm³/mol. The van der Waals surface area contributed by atoms with Gasteiger partial charge in [-0.05, 0) is 45.7 Å². The van der Waals surface area contributed by atoms with Crippen LogP contribution in [0.1, 0.15) is 26.7 Å². The first kappa shape index (κ1) is 12.5. The maximum absolute atomic E-state index is 10.8. The van der Waals surface area contributed by atoms with Gasteiger partial charge in [0.25, 0.3) is 0 Å². The summed E-state index contributed by atoms with van der Waals surface area (Å²) in [5.41, 5.74) is 0. The Labute approximate surface area is 91.2 Å². The van der Waals surface area contributed by atoms with Gasteiger partial charge in [-0.15, -0.1) is 0 Å². The van der Waals surface area contributed by atoms with Crippen molar-refractivity contribution >= 4 is 5.97 Å². The largest absolute Gasteiger partial charge is 0.480 e. The lowest BCUT2D eigenvalue weighted by Crippen LogP contribution is -2.44. The summed E-state index contributed by atoms with van der Waals surface area (Å²) in [4.78, 5) is 12.8. The lowest BCUT2D eigenvalue weighted by molar-refractivity contribution is -0.143. The molecule has 0 amide bonds. The van der Waals surface area contributed by atoms with Crippen molar-refractivity contribution < 1.29 is 14.6 Å². The van der Waals surface area contributed by atoms with E-state index in [0.717, 1.165) is 39.1 Å². The lowest BCUT2D eigenvalue weighted by Gasteiger charge is -2.34. The van der Waals surface area contributed by atoms with Crippen LogP contribution in [-0.2, 0) is 9.53 Å². The highest BCUT2D eigenvalue weighted by Gasteiger charge is 2.25. The summed E-state index contributed by atoms with van der Waals surface area (Å²) in [5.74, 6) is -0.111. The van der Waals surface area contributed by atoms with E-state index >= 15 is 0 Å². The average Bonchev–Trinajstić information content (AvgIpc) is 2.26. The number of piperidine rings is 1. The van der Waals surface area contributed by atoms with E-state index in [1.54, 1.807) is 6.92 Å². The van der Waals surface area contributed by atoms with Crippen LogP contribution in [0.2, 0.25) is 0 Å². The highest BCUT2D eigenvalue weighted by atomic mass is 16.5. The number of rotatable bonds is 5. The van der Waals surface area contributed by atoms with E-state index in [9.17, 15) is 4.79 Å². The maximum atomic E-state index is 10.8. The molecule has 0 radical (unpaired) electrons. The van der Waals surface area contributed by atoms with Gasteiger partial charge in [-0.2, -0.15) is 0 Å². The first-order chi connectivity index (χ1) is 7.15. The quantitative estimate of drug-likeness (QED) is 0.749. The van der Waals surface area contributed by atoms with Crippen molar-refractivity contribution in [2.24, 2.45) is 5.92 Å². The summed E-state index contributed by atoms with van der Waals surface area (Å²) in [6, 6.07) is -0.349. The van der Waals surface area contributed by atoms with Gasteiger partial charge in [0.05, 0.1) is 0 Å². The summed E-state index contributed by atoms with van der Waals surface area (Å²) in [6.07, 6.45) is 2.11. The Kier molecular flexibility index (Phi) is 5.05. The monoisotopic (exact) mass is 215 g/mol. The van der Waals surface area contributed by atoms with Crippen LogP contribution in [0, 0.1) is 5.92 Å². The Morgan fingerprint density at radius 2 is 2.13 bits per heavy atom. The molecule has 0 aromatic heterocycles. The van der Waals surface area contributed by atoms with Crippen LogP contribution in [0.5, 0.6) is 0 Å². The highest BCUT2D eigenvalue weighted by molar-refractivity contribution is 5.72. The van der Waals surface area contributed by atoms with Crippen molar-refractivity contribution in [2.45, 2.75) is 32.7 Å². The molecule has 88 valence electrons. The molecule has 1 fully saturated rings. The number of nitrogens with zero attached hydrogens (tertiary/aromatic N) is 1. The third-order valence-corrected chi connectivity index (χ3v) is 3.11. The van der Waals surface area contributed by atoms with Gasteiger partial charge in [-0.25, -0.2) is 0 Å². The van der Waals surface area contributed by atoms with E-state index in [4.69, 9.17) is 9.84 Å². The molecule has 0 aromatic rings. The van der Waals surface area contributed by atoms with E-state index in [2.05, 4.69) is 0 Å². The number of likely N-dealkylation sites (tertiary alicyclic amines) is 1. The first-order valence-corrected chi connectivity index (χ1v) is 5.69. The number of aliphatic carboxylic acids is 1. The van der Waals surface area contributed by atoms with E-state index in [1.165, 1.54) is 0 Å². The van der Waals surface area contributed by atoms with Gasteiger partial charge in [0.15, 0.2) is 0 Å². The van der Waals surface area contributed by atoms with E-state index < -0.39 is 5.97 Å². The van der Waals surface area contributed by atoms with Crippen LogP contribution in [0.15, 0.2) is 0 Å². The fourth-order valence-electron chi connectivity index (χ4n) is 1.95. The summed E-state index contributed by atoms with van der Waals surface area (Å²) in [7, 11) is 0. The van der Waals surface area contributed by atoms with E-state index in [-0.39, 0.29) is 6.04 Å². The minimum Gasteiger partial charge on any atom is -0.480 e. The molecule has 0 bridgehead atoms. The first-order valence-electron chi connectivity index (χ1n) is 5.69.